The minimum Gasteiger partial charge on any atom is -0.324 e. The van der Waals surface area contributed by atoms with Crippen LogP contribution in [-0.4, -0.2) is 11.4 Å². The van der Waals surface area contributed by atoms with Crippen molar-refractivity contribution in [2.45, 2.75) is 43.8 Å². The molecule has 0 aromatic heterocycles. The Hall–Kier alpha value is -1.08. The molecule has 1 aromatic carbocycles. The van der Waals surface area contributed by atoms with Crippen LogP contribution in [0.3, 0.4) is 0 Å². The molecule has 3 N–H and O–H groups in total. The summed E-state index contributed by atoms with van der Waals surface area (Å²) in [5, 5.41) is 2.51. The third-order valence-corrected chi connectivity index (χ3v) is 4.42. The van der Waals surface area contributed by atoms with Crippen LogP contribution in [0.5, 0.6) is 0 Å². The Kier molecular flexibility index (Phi) is 4.63. The minimum atomic E-state index is -4.48. The summed E-state index contributed by atoms with van der Waals surface area (Å²) in [7, 11) is 0. The quantitative estimate of drug-likeness (QED) is 0.830. The molecule has 3 nitrogen and oxygen atoms in total. The van der Waals surface area contributed by atoms with Gasteiger partial charge in [-0.25, -0.2) is 0 Å². The molecule has 1 saturated carbocycles. The number of rotatable bonds is 2. The summed E-state index contributed by atoms with van der Waals surface area (Å²) in [5.74, 6) is -0.419. The largest absolute Gasteiger partial charge is 0.417 e. The van der Waals surface area contributed by atoms with E-state index in [2.05, 4.69) is 21.2 Å². The molecular weight excluding hydrogens is 349 g/mol. The molecule has 0 aliphatic heterocycles. The van der Waals surface area contributed by atoms with E-state index < -0.39 is 23.2 Å². The Labute approximate surface area is 129 Å². The van der Waals surface area contributed by atoms with E-state index >= 15 is 0 Å². The summed E-state index contributed by atoms with van der Waals surface area (Å²) < 4.78 is 38.4. The Morgan fingerprint density at radius 3 is 2.43 bits per heavy atom. The van der Waals surface area contributed by atoms with Crippen molar-refractivity contribution in [1.29, 1.82) is 0 Å². The van der Waals surface area contributed by atoms with Crippen molar-refractivity contribution in [3.63, 3.8) is 0 Å². The van der Waals surface area contributed by atoms with Gasteiger partial charge in [0.2, 0.25) is 5.91 Å². The molecule has 2 rings (SSSR count). The number of halogens is 4. The number of alkyl halides is 3. The average Bonchev–Trinajstić information content (AvgIpc) is 2.40. The van der Waals surface area contributed by atoms with Crippen LogP contribution in [0.2, 0.25) is 0 Å². The van der Waals surface area contributed by atoms with Gasteiger partial charge in [0.1, 0.15) is 0 Å². The highest BCUT2D eigenvalue weighted by molar-refractivity contribution is 9.10. The normalized spacial score (nSPS) is 18.3. The summed E-state index contributed by atoms with van der Waals surface area (Å²) in [4.78, 5) is 12.2. The Morgan fingerprint density at radius 2 is 1.86 bits per heavy atom. The molecular formula is C14H16BrF3N2O. The maximum atomic E-state index is 12.8. The van der Waals surface area contributed by atoms with Crippen molar-refractivity contribution in [3.05, 3.63) is 28.2 Å². The van der Waals surface area contributed by atoms with Gasteiger partial charge < -0.3 is 11.1 Å². The molecule has 0 radical (unpaired) electrons. The second-order valence-electron chi connectivity index (χ2n) is 5.36. The van der Waals surface area contributed by atoms with E-state index in [4.69, 9.17) is 5.73 Å². The molecule has 1 fully saturated rings. The molecule has 0 spiro atoms. The van der Waals surface area contributed by atoms with Crippen LogP contribution in [-0.2, 0) is 11.0 Å². The monoisotopic (exact) mass is 364 g/mol. The van der Waals surface area contributed by atoms with E-state index in [0.29, 0.717) is 12.8 Å². The summed E-state index contributed by atoms with van der Waals surface area (Å²) in [6.07, 6.45) is -0.618. The number of hydrogen-bond acceptors (Lipinski definition) is 2. The zero-order valence-electron chi connectivity index (χ0n) is 11.3. The molecule has 7 heteroatoms. The highest BCUT2D eigenvalue weighted by atomic mass is 79.9. The standard InChI is InChI=1S/C14H16BrF3N2O/c15-11-5-4-9(8-10(11)14(16,17)18)20-12(21)13(19)6-2-1-3-7-13/h4-5,8H,1-3,6-7,19H2,(H,20,21). The van der Waals surface area contributed by atoms with Gasteiger partial charge in [-0.15, -0.1) is 0 Å². The first kappa shape index (κ1) is 16.3. The number of anilines is 1. The second kappa shape index (κ2) is 5.96. The topological polar surface area (TPSA) is 55.1 Å². The molecule has 0 unspecified atom stereocenters. The lowest BCUT2D eigenvalue weighted by molar-refractivity contribution is -0.138. The number of benzene rings is 1. The van der Waals surface area contributed by atoms with E-state index in [-0.39, 0.29) is 10.2 Å². The maximum Gasteiger partial charge on any atom is 0.417 e. The molecule has 0 bridgehead atoms. The van der Waals surface area contributed by atoms with Crippen molar-refractivity contribution in [1.82, 2.24) is 0 Å². The molecule has 0 saturated heterocycles. The van der Waals surface area contributed by atoms with E-state index in [1.807, 2.05) is 0 Å². The summed E-state index contributed by atoms with van der Waals surface area (Å²) in [6, 6.07) is 3.60. The number of carbonyl (C=O) groups excluding carboxylic acids is 1. The molecule has 1 amide bonds. The van der Waals surface area contributed by atoms with Gasteiger partial charge in [-0.1, -0.05) is 35.2 Å². The number of carbonyl (C=O) groups is 1. The molecule has 1 aliphatic rings. The first-order chi connectivity index (χ1) is 9.72. The van der Waals surface area contributed by atoms with Crippen LogP contribution in [0, 0.1) is 0 Å². The zero-order chi connectivity index (χ0) is 15.7. The van der Waals surface area contributed by atoms with Crippen molar-refractivity contribution >= 4 is 27.5 Å². The third kappa shape index (κ3) is 3.77. The van der Waals surface area contributed by atoms with Crippen LogP contribution in [0.25, 0.3) is 0 Å². The molecule has 116 valence electrons. The van der Waals surface area contributed by atoms with Gasteiger partial charge in [0.25, 0.3) is 0 Å². The van der Waals surface area contributed by atoms with Crippen LogP contribution < -0.4 is 11.1 Å². The third-order valence-electron chi connectivity index (χ3n) is 3.73. The molecule has 1 aromatic rings. The number of nitrogens with one attached hydrogen (secondary N) is 1. The summed E-state index contributed by atoms with van der Waals surface area (Å²) >= 11 is 2.86. The Bertz CT molecular complexity index is 540. The van der Waals surface area contributed by atoms with Crippen LogP contribution in [0.1, 0.15) is 37.7 Å². The van der Waals surface area contributed by atoms with E-state index in [1.54, 1.807) is 0 Å². The fourth-order valence-electron chi connectivity index (χ4n) is 2.49. The van der Waals surface area contributed by atoms with Gasteiger partial charge in [0.05, 0.1) is 11.1 Å². The lowest BCUT2D eigenvalue weighted by Crippen LogP contribution is -2.52. The molecule has 0 heterocycles. The Morgan fingerprint density at radius 1 is 1.24 bits per heavy atom. The van der Waals surface area contributed by atoms with Gasteiger partial charge in [0, 0.05) is 10.2 Å². The molecule has 1 aliphatic carbocycles. The van der Waals surface area contributed by atoms with Gasteiger partial charge in [0.15, 0.2) is 0 Å². The fraction of sp³-hybridized carbons (Fsp3) is 0.500. The van der Waals surface area contributed by atoms with Crippen molar-refractivity contribution in [3.8, 4) is 0 Å². The van der Waals surface area contributed by atoms with Gasteiger partial charge >= 0.3 is 6.18 Å². The highest BCUT2D eigenvalue weighted by Crippen LogP contribution is 2.36. The fourth-order valence-corrected chi connectivity index (χ4v) is 2.96. The number of amides is 1. The lowest BCUT2D eigenvalue weighted by Gasteiger charge is -2.31. The van der Waals surface area contributed by atoms with E-state index in [1.165, 1.54) is 12.1 Å². The van der Waals surface area contributed by atoms with Crippen molar-refractivity contribution < 1.29 is 18.0 Å². The van der Waals surface area contributed by atoms with Gasteiger partial charge in [-0.3, -0.25) is 4.79 Å². The van der Waals surface area contributed by atoms with Crippen LogP contribution >= 0.6 is 15.9 Å². The summed E-state index contributed by atoms with van der Waals surface area (Å²) in [6.45, 7) is 0. The second-order valence-corrected chi connectivity index (χ2v) is 6.22. The van der Waals surface area contributed by atoms with Crippen molar-refractivity contribution in [2.75, 3.05) is 5.32 Å². The lowest BCUT2D eigenvalue weighted by atomic mass is 9.82. The number of hydrogen-bond donors (Lipinski definition) is 2. The number of nitrogens with two attached hydrogens (primary N) is 1. The molecule has 21 heavy (non-hydrogen) atoms. The predicted molar refractivity (Wildman–Crippen MR) is 77.8 cm³/mol. The van der Waals surface area contributed by atoms with E-state index in [9.17, 15) is 18.0 Å². The Balaban J connectivity index is 2.18. The first-order valence-electron chi connectivity index (χ1n) is 6.69. The van der Waals surface area contributed by atoms with Crippen LogP contribution in [0.15, 0.2) is 22.7 Å². The van der Waals surface area contributed by atoms with E-state index in [0.717, 1.165) is 25.3 Å². The summed E-state index contributed by atoms with van der Waals surface area (Å²) in [5.41, 5.74) is 4.36. The first-order valence-corrected chi connectivity index (χ1v) is 7.49. The zero-order valence-corrected chi connectivity index (χ0v) is 12.9. The molecule has 0 atom stereocenters. The van der Waals surface area contributed by atoms with Crippen LogP contribution in [0.4, 0.5) is 18.9 Å². The average molecular weight is 365 g/mol. The van der Waals surface area contributed by atoms with Gasteiger partial charge in [-0.05, 0) is 31.0 Å². The SMILES string of the molecule is NC1(C(=O)Nc2ccc(Br)c(C(F)(F)F)c2)CCCCC1. The predicted octanol–water partition coefficient (Wildman–Crippen LogP) is 4.07. The highest BCUT2D eigenvalue weighted by Gasteiger charge is 2.36. The maximum absolute atomic E-state index is 12.8. The minimum absolute atomic E-state index is 0.0619. The van der Waals surface area contributed by atoms with Gasteiger partial charge in [-0.2, -0.15) is 13.2 Å². The smallest absolute Gasteiger partial charge is 0.324 e. The van der Waals surface area contributed by atoms with Crippen molar-refractivity contribution in [2.24, 2.45) is 5.73 Å².